The van der Waals surface area contributed by atoms with Crippen molar-refractivity contribution < 1.29 is 18.0 Å². The Labute approximate surface area is 170 Å². The van der Waals surface area contributed by atoms with Crippen LogP contribution in [-0.4, -0.2) is 44.7 Å². The van der Waals surface area contributed by atoms with Gasteiger partial charge in [-0.05, 0) is 44.0 Å². The summed E-state index contributed by atoms with van der Waals surface area (Å²) >= 11 is 0. The van der Waals surface area contributed by atoms with Gasteiger partial charge in [0.25, 0.3) is 5.78 Å². The molecule has 0 bridgehead atoms. The SMILES string of the molecule is Cc1cc(N2CCC(NC(=O)Nc3ccc(C(F)(F)F)cc3)CC2)n2ncnc2n1. The second kappa shape index (κ2) is 7.81. The molecule has 2 N–H and O–H groups in total. The van der Waals surface area contributed by atoms with E-state index in [0.29, 0.717) is 24.6 Å². The third-order valence-electron chi connectivity index (χ3n) is 4.99. The van der Waals surface area contributed by atoms with Crippen LogP contribution in [0.5, 0.6) is 0 Å². The molecule has 0 radical (unpaired) electrons. The topological polar surface area (TPSA) is 87.5 Å². The van der Waals surface area contributed by atoms with Crippen LogP contribution in [-0.2, 0) is 6.18 Å². The molecule has 0 spiro atoms. The van der Waals surface area contributed by atoms with Gasteiger partial charge in [0, 0.05) is 36.6 Å². The number of piperidine rings is 1. The van der Waals surface area contributed by atoms with Gasteiger partial charge in [-0.2, -0.15) is 27.8 Å². The lowest BCUT2D eigenvalue weighted by molar-refractivity contribution is -0.137. The maximum atomic E-state index is 12.6. The minimum absolute atomic E-state index is 0.0372. The summed E-state index contributed by atoms with van der Waals surface area (Å²) in [6.07, 6.45) is -1.50. The van der Waals surface area contributed by atoms with Crippen molar-refractivity contribution in [3.63, 3.8) is 0 Å². The Bertz CT molecular complexity index is 1040. The normalized spacial score (nSPS) is 15.4. The van der Waals surface area contributed by atoms with Gasteiger partial charge in [-0.25, -0.2) is 9.78 Å². The number of hydrogen-bond donors (Lipinski definition) is 2. The van der Waals surface area contributed by atoms with Crippen molar-refractivity contribution in [2.24, 2.45) is 0 Å². The molecule has 0 unspecified atom stereocenters. The predicted octanol–water partition coefficient (Wildman–Crippen LogP) is 3.24. The van der Waals surface area contributed by atoms with E-state index in [2.05, 4.69) is 30.6 Å². The quantitative estimate of drug-likeness (QED) is 0.681. The van der Waals surface area contributed by atoms with Gasteiger partial charge in [0.2, 0.25) is 0 Å². The number of amides is 2. The third-order valence-corrected chi connectivity index (χ3v) is 4.99. The number of alkyl halides is 3. The number of carbonyl (C=O) groups is 1. The molecule has 30 heavy (non-hydrogen) atoms. The summed E-state index contributed by atoms with van der Waals surface area (Å²) in [5.74, 6) is 1.45. The Morgan fingerprint density at radius 1 is 1.17 bits per heavy atom. The number of halogens is 3. The monoisotopic (exact) mass is 419 g/mol. The molecule has 4 rings (SSSR count). The molecule has 0 atom stereocenters. The molecule has 11 heteroatoms. The number of rotatable bonds is 3. The zero-order chi connectivity index (χ0) is 21.3. The minimum Gasteiger partial charge on any atom is -0.356 e. The Morgan fingerprint density at radius 2 is 1.87 bits per heavy atom. The Hall–Kier alpha value is -3.37. The first-order valence-electron chi connectivity index (χ1n) is 9.47. The predicted molar refractivity (Wildman–Crippen MR) is 104 cm³/mol. The summed E-state index contributed by atoms with van der Waals surface area (Å²) in [6, 6.07) is 5.83. The van der Waals surface area contributed by atoms with Crippen molar-refractivity contribution in [3.05, 3.63) is 47.9 Å². The van der Waals surface area contributed by atoms with Crippen molar-refractivity contribution in [3.8, 4) is 0 Å². The van der Waals surface area contributed by atoms with Crippen LogP contribution >= 0.6 is 0 Å². The first-order chi connectivity index (χ1) is 14.3. The zero-order valence-electron chi connectivity index (χ0n) is 16.1. The number of hydrogen-bond acceptors (Lipinski definition) is 5. The van der Waals surface area contributed by atoms with E-state index in [0.717, 1.165) is 36.5 Å². The van der Waals surface area contributed by atoms with Crippen molar-refractivity contribution >= 4 is 23.3 Å². The molecule has 0 saturated carbocycles. The Kier molecular flexibility index (Phi) is 5.18. The largest absolute Gasteiger partial charge is 0.416 e. The second-order valence-electron chi connectivity index (χ2n) is 7.16. The molecule has 3 heterocycles. The van der Waals surface area contributed by atoms with Crippen LogP contribution in [0, 0.1) is 6.92 Å². The number of aromatic nitrogens is 4. The van der Waals surface area contributed by atoms with Crippen LogP contribution in [0.3, 0.4) is 0 Å². The molecule has 1 fully saturated rings. The zero-order valence-corrected chi connectivity index (χ0v) is 16.1. The summed E-state index contributed by atoms with van der Waals surface area (Å²) in [7, 11) is 0. The number of anilines is 2. The number of nitrogens with one attached hydrogen (secondary N) is 2. The van der Waals surface area contributed by atoms with Gasteiger partial charge in [-0.15, -0.1) is 0 Å². The Balaban J connectivity index is 1.32. The number of benzene rings is 1. The Morgan fingerprint density at radius 3 is 2.53 bits per heavy atom. The highest BCUT2D eigenvalue weighted by atomic mass is 19.4. The smallest absolute Gasteiger partial charge is 0.356 e. The third kappa shape index (κ3) is 4.29. The van der Waals surface area contributed by atoms with Gasteiger partial charge < -0.3 is 15.5 Å². The van der Waals surface area contributed by atoms with E-state index >= 15 is 0 Å². The molecule has 3 aromatic rings. The fourth-order valence-corrected chi connectivity index (χ4v) is 3.48. The minimum atomic E-state index is -4.40. The van der Waals surface area contributed by atoms with E-state index < -0.39 is 17.8 Å². The number of nitrogens with zero attached hydrogens (tertiary/aromatic N) is 5. The van der Waals surface area contributed by atoms with Crippen molar-refractivity contribution in [1.82, 2.24) is 24.9 Å². The summed E-state index contributed by atoms with van der Waals surface area (Å²) in [6.45, 7) is 3.32. The van der Waals surface area contributed by atoms with E-state index in [1.807, 2.05) is 13.0 Å². The van der Waals surface area contributed by atoms with Gasteiger partial charge >= 0.3 is 12.2 Å². The lowest BCUT2D eigenvalue weighted by Gasteiger charge is -2.33. The van der Waals surface area contributed by atoms with E-state index in [1.165, 1.54) is 18.5 Å². The second-order valence-corrected chi connectivity index (χ2v) is 7.16. The molecule has 2 aromatic heterocycles. The van der Waals surface area contributed by atoms with E-state index in [1.54, 1.807) is 4.52 Å². The van der Waals surface area contributed by atoms with Crippen LogP contribution in [0.2, 0.25) is 0 Å². The average Bonchev–Trinajstić information content (AvgIpc) is 3.16. The highest BCUT2D eigenvalue weighted by Crippen LogP contribution is 2.29. The molecule has 2 amide bonds. The molecule has 1 aliphatic heterocycles. The number of carbonyl (C=O) groups excluding carboxylic acids is 1. The summed E-state index contributed by atoms with van der Waals surface area (Å²) in [5, 5.41) is 9.68. The molecule has 1 aromatic carbocycles. The lowest BCUT2D eigenvalue weighted by atomic mass is 10.1. The lowest BCUT2D eigenvalue weighted by Crippen LogP contribution is -2.46. The van der Waals surface area contributed by atoms with Gasteiger partial charge in [-0.1, -0.05) is 0 Å². The molecule has 1 saturated heterocycles. The molecule has 8 nitrogen and oxygen atoms in total. The molecular formula is C19H20F3N7O. The number of fused-ring (bicyclic) bond motifs is 1. The van der Waals surface area contributed by atoms with E-state index in [9.17, 15) is 18.0 Å². The van der Waals surface area contributed by atoms with Crippen LogP contribution in [0.4, 0.5) is 29.5 Å². The fourth-order valence-electron chi connectivity index (χ4n) is 3.48. The molecule has 1 aliphatic rings. The first kappa shape index (κ1) is 19.9. The average molecular weight is 419 g/mol. The van der Waals surface area contributed by atoms with Gasteiger partial charge in [0.15, 0.2) is 0 Å². The van der Waals surface area contributed by atoms with Gasteiger partial charge in [-0.3, -0.25) is 0 Å². The van der Waals surface area contributed by atoms with Crippen LogP contribution in [0.25, 0.3) is 5.78 Å². The van der Waals surface area contributed by atoms with Crippen molar-refractivity contribution in [2.75, 3.05) is 23.3 Å². The number of aryl methyl sites for hydroxylation is 1. The summed E-state index contributed by atoms with van der Waals surface area (Å²) in [5.41, 5.74) is 0.397. The maximum Gasteiger partial charge on any atom is 0.416 e. The molecule has 0 aliphatic carbocycles. The summed E-state index contributed by atoms with van der Waals surface area (Å²) in [4.78, 5) is 22.9. The van der Waals surface area contributed by atoms with Gasteiger partial charge in [0.1, 0.15) is 12.1 Å². The van der Waals surface area contributed by atoms with E-state index in [-0.39, 0.29) is 6.04 Å². The molecule has 158 valence electrons. The van der Waals surface area contributed by atoms with E-state index in [4.69, 9.17) is 0 Å². The molecular weight excluding hydrogens is 399 g/mol. The number of urea groups is 1. The van der Waals surface area contributed by atoms with Crippen molar-refractivity contribution in [2.45, 2.75) is 32.0 Å². The highest BCUT2D eigenvalue weighted by Gasteiger charge is 2.30. The van der Waals surface area contributed by atoms with Gasteiger partial charge in [0.05, 0.1) is 5.56 Å². The van der Waals surface area contributed by atoms with Crippen LogP contribution < -0.4 is 15.5 Å². The van der Waals surface area contributed by atoms with Crippen LogP contribution in [0.15, 0.2) is 36.7 Å². The van der Waals surface area contributed by atoms with Crippen LogP contribution in [0.1, 0.15) is 24.1 Å². The standard InChI is InChI=1S/C19H20F3N7O/c1-12-10-16(29-17(25-12)23-11-24-29)28-8-6-15(7-9-28)27-18(30)26-14-4-2-13(3-5-14)19(20,21)22/h2-5,10-11,15H,6-9H2,1H3,(H2,26,27,30). The summed E-state index contributed by atoms with van der Waals surface area (Å²) < 4.78 is 39.6. The maximum absolute atomic E-state index is 12.6. The highest BCUT2D eigenvalue weighted by molar-refractivity contribution is 5.89. The first-order valence-corrected chi connectivity index (χ1v) is 9.47. The fraction of sp³-hybridized carbons (Fsp3) is 0.368. The van der Waals surface area contributed by atoms with Crippen molar-refractivity contribution in [1.29, 1.82) is 0 Å².